The van der Waals surface area contributed by atoms with Crippen LogP contribution in [-0.2, 0) is 0 Å². The lowest BCUT2D eigenvalue weighted by Crippen LogP contribution is -1.97. The van der Waals surface area contributed by atoms with Gasteiger partial charge in [0.1, 0.15) is 16.0 Å². The second-order valence-corrected chi connectivity index (χ2v) is 5.38. The van der Waals surface area contributed by atoms with Crippen LogP contribution >= 0.6 is 23.2 Å². The van der Waals surface area contributed by atoms with Crippen LogP contribution in [0.3, 0.4) is 0 Å². The van der Waals surface area contributed by atoms with Crippen LogP contribution in [0.5, 0.6) is 0 Å². The molecule has 0 aliphatic carbocycles. The highest BCUT2D eigenvalue weighted by molar-refractivity contribution is 6.33. The Morgan fingerprint density at radius 3 is 2.81 bits per heavy atom. The molecule has 0 N–H and O–H groups in total. The Bertz CT molecular complexity index is 987. The molecule has 0 aliphatic heterocycles. The third-order valence-corrected chi connectivity index (χ3v) is 3.62. The molecule has 0 aromatic carbocycles. The van der Waals surface area contributed by atoms with Crippen LogP contribution in [0.15, 0.2) is 30.6 Å². The average molecular weight is 319 g/mol. The van der Waals surface area contributed by atoms with Crippen LogP contribution in [0, 0.1) is 6.92 Å². The van der Waals surface area contributed by atoms with Gasteiger partial charge >= 0.3 is 0 Å². The lowest BCUT2D eigenvalue weighted by molar-refractivity contribution is 0.918. The maximum absolute atomic E-state index is 6.12. The molecule has 104 valence electrons. The number of hydrogen-bond donors (Lipinski definition) is 0. The molecule has 0 aliphatic rings. The van der Waals surface area contributed by atoms with Crippen LogP contribution in [0.2, 0.25) is 10.3 Å². The van der Waals surface area contributed by atoms with Gasteiger partial charge in [-0.1, -0.05) is 23.2 Å². The topological polar surface area (TPSA) is 60.4 Å². The molecule has 4 heterocycles. The molecule has 4 rings (SSSR count). The zero-order chi connectivity index (χ0) is 14.6. The standard InChI is InChI=1S/C13H8Cl2N6/c1-7-6-20-11(2-3-16-20)18-13(7)8-4-12-17-9(14)5-10(15)21(12)19-8/h2-6H,1H3. The zero-order valence-electron chi connectivity index (χ0n) is 10.8. The number of hydrogen-bond acceptors (Lipinski definition) is 4. The maximum Gasteiger partial charge on any atom is 0.159 e. The summed E-state index contributed by atoms with van der Waals surface area (Å²) in [5.74, 6) is 0. The van der Waals surface area contributed by atoms with Gasteiger partial charge in [0.2, 0.25) is 0 Å². The van der Waals surface area contributed by atoms with Crippen molar-refractivity contribution in [3.05, 3.63) is 46.5 Å². The number of rotatable bonds is 1. The quantitative estimate of drug-likeness (QED) is 0.506. The van der Waals surface area contributed by atoms with Gasteiger partial charge in [0.05, 0.1) is 11.9 Å². The molecule has 0 amide bonds. The van der Waals surface area contributed by atoms with E-state index in [1.165, 1.54) is 4.52 Å². The number of halogens is 2. The molecule has 0 saturated carbocycles. The van der Waals surface area contributed by atoms with Crippen molar-refractivity contribution < 1.29 is 0 Å². The first-order valence-corrected chi connectivity index (χ1v) is 6.90. The first kappa shape index (κ1) is 12.6. The van der Waals surface area contributed by atoms with E-state index < -0.39 is 0 Å². The minimum atomic E-state index is 0.329. The summed E-state index contributed by atoms with van der Waals surface area (Å²) in [7, 11) is 0. The summed E-state index contributed by atoms with van der Waals surface area (Å²) >= 11 is 12.0. The predicted octanol–water partition coefficient (Wildman–Crippen LogP) is 3.05. The minimum Gasteiger partial charge on any atom is -0.227 e. The first-order valence-electron chi connectivity index (χ1n) is 6.15. The Hall–Kier alpha value is -2.18. The summed E-state index contributed by atoms with van der Waals surface area (Å²) in [4.78, 5) is 8.77. The highest BCUT2D eigenvalue weighted by Gasteiger charge is 2.13. The third-order valence-electron chi connectivity index (χ3n) is 3.16. The van der Waals surface area contributed by atoms with Crippen LogP contribution in [0.4, 0.5) is 0 Å². The van der Waals surface area contributed by atoms with E-state index in [0.29, 0.717) is 21.6 Å². The van der Waals surface area contributed by atoms with E-state index in [-0.39, 0.29) is 0 Å². The van der Waals surface area contributed by atoms with Crippen molar-refractivity contribution in [2.24, 2.45) is 0 Å². The summed E-state index contributed by atoms with van der Waals surface area (Å²) in [6.07, 6.45) is 3.61. The monoisotopic (exact) mass is 318 g/mol. The van der Waals surface area contributed by atoms with Gasteiger partial charge < -0.3 is 0 Å². The number of aryl methyl sites for hydroxylation is 1. The van der Waals surface area contributed by atoms with Gasteiger partial charge in [0.15, 0.2) is 11.3 Å². The van der Waals surface area contributed by atoms with E-state index in [2.05, 4.69) is 20.2 Å². The van der Waals surface area contributed by atoms with Gasteiger partial charge in [-0.25, -0.2) is 19.0 Å². The van der Waals surface area contributed by atoms with E-state index in [4.69, 9.17) is 23.2 Å². The number of nitrogens with zero attached hydrogens (tertiary/aromatic N) is 6. The molecule has 4 aromatic rings. The molecule has 8 heteroatoms. The fraction of sp³-hybridized carbons (Fsp3) is 0.0769. The minimum absolute atomic E-state index is 0.329. The first-order chi connectivity index (χ1) is 10.1. The fourth-order valence-corrected chi connectivity index (χ4v) is 2.70. The van der Waals surface area contributed by atoms with E-state index in [9.17, 15) is 0 Å². The van der Waals surface area contributed by atoms with Crippen LogP contribution < -0.4 is 0 Å². The van der Waals surface area contributed by atoms with Crippen molar-refractivity contribution in [1.29, 1.82) is 0 Å². The normalized spacial score (nSPS) is 11.6. The smallest absolute Gasteiger partial charge is 0.159 e. The van der Waals surface area contributed by atoms with Gasteiger partial charge in [0, 0.05) is 24.4 Å². The highest BCUT2D eigenvalue weighted by atomic mass is 35.5. The molecule has 0 radical (unpaired) electrons. The molecular weight excluding hydrogens is 311 g/mol. The Labute approximate surface area is 129 Å². The van der Waals surface area contributed by atoms with Gasteiger partial charge in [0.25, 0.3) is 0 Å². The molecule has 0 unspecified atom stereocenters. The van der Waals surface area contributed by atoms with E-state index in [1.54, 1.807) is 22.8 Å². The van der Waals surface area contributed by atoms with Crippen molar-refractivity contribution >= 4 is 34.5 Å². The second-order valence-electron chi connectivity index (χ2n) is 4.61. The summed E-state index contributed by atoms with van der Waals surface area (Å²) in [5, 5.41) is 9.34. The van der Waals surface area contributed by atoms with E-state index >= 15 is 0 Å². The van der Waals surface area contributed by atoms with Crippen molar-refractivity contribution in [3.8, 4) is 11.4 Å². The lowest BCUT2D eigenvalue weighted by Gasteiger charge is -2.02. The summed E-state index contributed by atoms with van der Waals surface area (Å²) in [5.41, 5.74) is 3.74. The molecular formula is C13H8Cl2N6. The molecule has 0 atom stereocenters. The SMILES string of the molecule is Cc1cn2nccc2nc1-c1cc2nc(Cl)cc(Cl)n2n1. The average Bonchev–Trinajstić information content (AvgIpc) is 3.03. The molecule has 6 nitrogen and oxygen atoms in total. The van der Waals surface area contributed by atoms with Crippen LogP contribution in [0.1, 0.15) is 5.56 Å². The third kappa shape index (κ3) is 1.95. The van der Waals surface area contributed by atoms with Crippen LogP contribution in [0.25, 0.3) is 22.7 Å². The Morgan fingerprint density at radius 2 is 1.95 bits per heavy atom. The lowest BCUT2D eigenvalue weighted by atomic mass is 10.2. The van der Waals surface area contributed by atoms with Gasteiger partial charge in [-0.05, 0) is 12.5 Å². The molecule has 0 spiro atoms. The highest BCUT2D eigenvalue weighted by Crippen LogP contribution is 2.24. The van der Waals surface area contributed by atoms with Crippen molar-refractivity contribution in [2.75, 3.05) is 0 Å². The van der Waals surface area contributed by atoms with Gasteiger partial charge in [-0.3, -0.25) is 0 Å². The predicted molar refractivity (Wildman–Crippen MR) is 79.7 cm³/mol. The summed E-state index contributed by atoms with van der Waals surface area (Å²) in [6, 6.07) is 5.19. The fourth-order valence-electron chi connectivity index (χ4n) is 2.23. The van der Waals surface area contributed by atoms with Crippen molar-refractivity contribution in [1.82, 2.24) is 29.2 Å². The zero-order valence-corrected chi connectivity index (χ0v) is 12.3. The molecule has 0 fully saturated rings. The largest absolute Gasteiger partial charge is 0.227 e. The molecule has 0 saturated heterocycles. The summed E-state index contributed by atoms with van der Waals surface area (Å²) < 4.78 is 3.25. The van der Waals surface area contributed by atoms with Crippen molar-refractivity contribution in [2.45, 2.75) is 6.92 Å². The number of aromatic nitrogens is 6. The van der Waals surface area contributed by atoms with Crippen molar-refractivity contribution in [3.63, 3.8) is 0 Å². The number of fused-ring (bicyclic) bond motifs is 2. The van der Waals surface area contributed by atoms with Crippen LogP contribution in [-0.4, -0.2) is 29.2 Å². The van der Waals surface area contributed by atoms with E-state index in [1.807, 2.05) is 19.2 Å². The molecule has 0 bridgehead atoms. The van der Waals surface area contributed by atoms with Gasteiger partial charge in [-0.15, -0.1) is 0 Å². The Morgan fingerprint density at radius 1 is 1.10 bits per heavy atom. The van der Waals surface area contributed by atoms with Gasteiger partial charge in [-0.2, -0.15) is 10.2 Å². The Balaban J connectivity index is 1.99. The molecule has 21 heavy (non-hydrogen) atoms. The van der Waals surface area contributed by atoms with E-state index in [0.717, 1.165) is 16.9 Å². The molecule has 4 aromatic heterocycles. The Kier molecular flexibility index (Phi) is 2.63. The summed E-state index contributed by atoms with van der Waals surface area (Å²) in [6.45, 7) is 1.95. The second kappa shape index (κ2) is 4.41. The maximum atomic E-state index is 6.12.